The third-order valence-corrected chi connectivity index (χ3v) is 4.45. The SMILES string of the molecule is COc1ccc(-n2nc(-c3ccsc3)c3c2NCC3)cc1. The molecule has 0 bridgehead atoms. The molecule has 0 unspecified atom stereocenters. The van der Waals surface area contributed by atoms with Crippen molar-refractivity contribution in [2.24, 2.45) is 0 Å². The molecule has 0 amide bonds. The van der Waals surface area contributed by atoms with Crippen LogP contribution in [0.5, 0.6) is 5.75 Å². The summed E-state index contributed by atoms with van der Waals surface area (Å²) in [6.07, 6.45) is 1.02. The Hall–Kier alpha value is -2.27. The van der Waals surface area contributed by atoms with Gasteiger partial charge in [-0.1, -0.05) is 0 Å². The standard InChI is InChI=1S/C16H15N3OS/c1-20-13-4-2-12(3-5-13)19-16-14(6-8-17-16)15(18-19)11-7-9-21-10-11/h2-5,7,9-10,17H,6,8H2,1H3. The molecular weight excluding hydrogens is 282 g/mol. The van der Waals surface area contributed by atoms with E-state index in [2.05, 4.69) is 22.1 Å². The van der Waals surface area contributed by atoms with Crippen LogP contribution in [0.3, 0.4) is 0 Å². The number of hydrogen-bond donors (Lipinski definition) is 1. The minimum Gasteiger partial charge on any atom is -0.497 e. The number of nitrogens with zero attached hydrogens (tertiary/aromatic N) is 2. The summed E-state index contributed by atoms with van der Waals surface area (Å²) >= 11 is 1.70. The van der Waals surface area contributed by atoms with E-state index in [9.17, 15) is 0 Å². The average molecular weight is 297 g/mol. The number of hydrogen-bond acceptors (Lipinski definition) is 4. The van der Waals surface area contributed by atoms with Crippen molar-refractivity contribution in [3.05, 3.63) is 46.7 Å². The first-order valence-corrected chi connectivity index (χ1v) is 7.84. The van der Waals surface area contributed by atoms with Gasteiger partial charge in [-0.15, -0.1) is 0 Å². The van der Waals surface area contributed by atoms with Crippen molar-refractivity contribution in [3.8, 4) is 22.7 Å². The van der Waals surface area contributed by atoms with E-state index in [1.54, 1.807) is 18.4 Å². The number of benzene rings is 1. The Kier molecular flexibility index (Phi) is 2.93. The first-order chi connectivity index (χ1) is 10.4. The van der Waals surface area contributed by atoms with E-state index < -0.39 is 0 Å². The second-order valence-corrected chi connectivity index (χ2v) is 5.75. The van der Waals surface area contributed by atoms with Crippen molar-refractivity contribution in [2.45, 2.75) is 6.42 Å². The maximum atomic E-state index is 5.22. The van der Waals surface area contributed by atoms with E-state index in [-0.39, 0.29) is 0 Å². The van der Waals surface area contributed by atoms with E-state index in [0.29, 0.717) is 0 Å². The van der Waals surface area contributed by atoms with E-state index in [1.807, 2.05) is 28.9 Å². The molecule has 0 atom stereocenters. The van der Waals surface area contributed by atoms with Gasteiger partial charge in [-0.25, -0.2) is 4.68 Å². The van der Waals surface area contributed by atoms with Crippen molar-refractivity contribution < 1.29 is 4.74 Å². The Morgan fingerprint density at radius 3 is 2.81 bits per heavy atom. The monoisotopic (exact) mass is 297 g/mol. The first-order valence-electron chi connectivity index (χ1n) is 6.89. The Bertz CT molecular complexity index is 760. The number of fused-ring (bicyclic) bond motifs is 1. The fourth-order valence-corrected chi connectivity index (χ4v) is 3.36. The highest BCUT2D eigenvalue weighted by Crippen LogP contribution is 2.35. The lowest BCUT2D eigenvalue weighted by Gasteiger charge is -2.07. The number of thiophene rings is 1. The molecule has 0 radical (unpaired) electrons. The number of anilines is 1. The van der Waals surface area contributed by atoms with Crippen molar-refractivity contribution in [2.75, 3.05) is 19.0 Å². The lowest BCUT2D eigenvalue weighted by Crippen LogP contribution is -2.04. The van der Waals surface area contributed by atoms with Gasteiger partial charge in [0.25, 0.3) is 0 Å². The van der Waals surface area contributed by atoms with Gasteiger partial charge in [-0.3, -0.25) is 0 Å². The van der Waals surface area contributed by atoms with Gasteiger partial charge >= 0.3 is 0 Å². The average Bonchev–Trinajstić information content (AvgIpc) is 3.24. The molecule has 3 heterocycles. The molecule has 3 aromatic rings. The van der Waals surface area contributed by atoms with Crippen LogP contribution in [-0.4, -0.2) is 23.4 Å². The van der Waals surface area contributed by atoms with Crippen molar-refractivity contribution in [1.29, 1.82) is 0 Å². The van der Waals surface area contributed by atoms with E-state index in [1.165, 1.54) is 11.1 Å². The van der Waals surface area contributed by atoms with Gasteiger partial charge in [0, 0.05) is 23.1 Å². The van der Waals surface area contributed by atoms with Crippen LogP contribution in [0.4, 0.5) is 5.82 Å². The number of methoxy groups -OCH3 is 1. The molecule has 1 aliphatic rings. The predicted molar refractivity (Wildman–Crippen MR) is 85.6 cm³/mol. The maximum Gasteiger partial charge on any atom is 0.133 e. The van der Waals surface area contributed by atoms with Crippen molar-refractivity contribution >= 4 is 17.2 Å². The fraction of sp³-hybridized carbons (Fsp3) is 0.188. The van der Waals surface area contributed by atoms with Crippen LogP contribution >= 0.6 is 11.3 Å². The van der Waals surface area contributed by atoms with Crippen LogP contribution in [0.15, 0.2) is 41.1 Å². The maximum absolute atomic E-state index is 5.22. The first kappa shape index (κ1) is 12.5. The quantitative estimate of drug-likeness (QED) is 0.803. The molecule has 0 fully saturated rings. The predicted octanol–water partition coefficient (Wildman–Crippen LogP) is 3.58. The molecule has 0 spiro atoms. The van der Waals surface area contributed by atoms with Gasteiger partial charge in [0.2, 0.25) is 0 Å². The second-order valence-electron chi connectivity index (χ2n) is 4.97. The van der Waals surface area contributed by atoms with Gasteiger partial charge in [-0.2, -0.15) is 16.4 Å². The molecule has 1 aromatic carbocycles. The Morgan fingerprint density at radius 2 is 2.10 bits per heavy atom. The van der Waals surface area contributed by atoms with Crippen LogP contribution in [0, 0.1) is 0 Å². The molecule has 106 valence electrons. The van der Waals surface area contributed by atoms with E-state index >= 15 is 0 Å². The molecule has 0 saturated carbocycles. The van der Waals surface area contributed by atoms with E-state index in [4.69, 9.17) is 9.84 Å². The Balaban J connectivity index is 1.84. The highest BCUT2D eigenvalue weighted by atomic mass is 32.1. The molecular formula is C16H15N3OS. The van der Waals surface area contributed by atoms with Gasteiger partial charge in [0.05, 0.1) is 18.5 Å². The van der Waals surface area contributed by atoms with Crippen LogP contribution in [-0.2, 0) is 6.42 Å². The molecule has 4 rings (SSSR count). The third kappa shape index (κ3) is 2.01. The molecule has 2 aromatic heterocycles. The molecule has 21 heavy (non-hydrogen) atoms. The highest BCUT2D eigenvalue weighted by Gasteiger charge is 2.23. The number of rotatable bonds is 3. The van der Waals surface area contributed by atoms with Crippen LogP contribution in [0.25, 0.3) is 16.9 Å². The van der Waals surface area contributed by atoms with Crippen LogP contribution in [0.2, 0.25) is 0 Å². The summed E-state index contributed by atoms with van der Waals surface area (Å²) in [6, 6.07) is 10.1. The van der Waals surface area contributed by atoms with Gasteiger partial charge in [-0.05, 0) is 42.1 Å². The molecule has 0 aliphatic carbocycles. The lowest BCUT2D eigenvalue weighted by atomic mass is 10.1. The van der Waals surface area contributed by atoms with Crippen molar-refractivity contribution in [3.63, 3.8) is 0 Å². The van der Waals surface area contributed by atoms with Crippen LogP contribution < -0.4 is 10.1 Å². The number of aromatic nitrogens is 2. The summed E-state index contributed by atoms with van der Waals surface area (Å²) in [6.45, 7) is 0.973. The van der Waals surface area contributed by atoms with Crippen molar-refractivity contribution in [1.82, 2.24) is 9.78 Å². The highest BCUT2D eigenvalue weighted by molar-refractivity contribution is 7.08. The number of ether oxygens (including phenoxy) is 1. The Morgan fingerprint density at radius 1 is 1.24 bits per heavy atom. The molecule has 0 saturated heterocycles. The minimum absolute atomic E-state index is 0.855. The fourth-order valence-electron chi connectivity index (χ4n) is 2.72. The van der Waals surface area contributed by atoms with Crippen LogP contribution in [0.1, 0.15) is 5.56 Å². The zero-order valence-corrected chi connectivity index (χ0v) is 12.5. The summed E-state index contributed by atoms with van der Waals surface area (Å²) in [5, 5.41) is 12.5. The van der Waals surface area contributed by atoms with E-state index in [0.717, 1.165) is 35.9 Å². The zero-order chi connectivity index (χ0) is 14.2. The second kappa shape index (κ2) is 4.93. The molecule has 1 N–H and O–H groups in total. The van der Waals surface area contributed by atoms with Gasteiger partial charge < -0.3 is 10.1 Å². The molecule has 4 nitrogen and oxygen atoms in total. The Labute approximate surface area is 127 Å². The summed E-state index contributed by atoms with van der Waals surface area (Å²) in [7, 11) is 1.68. The van der Waals surface area contributed by atoms with Gasteiger partial charge in [0.15, 0.2) is 0 Å². The summed E-state index contributed by atoms with van der Waals surface area (Å²) < 4.78 is 7.21. The smallest absolute Gasteiger partial charge is 0.133 e. The topological polar surface area (TPSA) is 39.1 Å². The van der Waals surface area contributed by atoms with Gasteiger partial charge in [0.1, 0.15) is 11.6 Å². The third-order valence-electron chi connectivity index (χ3n) is 3.76. The lowest BCUT2D eigenvalue weighted by molar-refractivity contribution is 0.414. The zero-order valence-electron chi connectivity index (χ0n) is 11.7. The normalized spacial score (nSPS) is 13.0. The summed E-state index contributed by atoms with van der Waals surface area (Å²) in [5.74, 6) is 1.97. The summed E-state index contributed by atoms with van der Waals surface area (Å²) in [4.78, 5) is 0. The molecule has 5 heteroatoms. The molecule has 1 aliphatic heterocycles. The number of nitrogens with one attached hydrogen (secondary N) is 1. The summed E-state index contributed by atoms with van der Waals surface area (Å²) in [5.41, 5.74) is 4.64. The minimum atomic E-state index is 0.855. The largest absolute Gasteiger partial charge is 0.497 e.